The van der Waals surface area contributed by atoms with Gasteiger partial charge in [0.05, 0.1) is 33.4 Å². The highest BCUT2D eigenvalue weighted by Crippen LogP contribution is 2.44. The number of fused-ring (bicyclic) bond motifs is 6. The molecule has 1 aliphatic rings. The molecular weight excluding hydrogens is 643 g/mol. The van der Waals surface area contributed by atoms with Crippen LogP contribution in [-0.2, 0) is 0 Å². The van der Waals surface area contributed by atoms with Crippen LogP contribution in [0.3, 0.4) is 0 Å². The lowest BCUT2D eigenvalue weighted by Crippen LogP contribution is -2.16. The van der Waals surface area contributed by atoms with Crippen molar-refractivity contribution in [1.82, 2.24) is 9.13 Å². The molecule has 2 heterocycles. The molecule has 0 saturated heterocycles. The zero-order valence-electron chi connectivity index (χ0n) is 30.5. The molecule has 0 radical (unpaired) electrons. The molecule has 258 valence electrons. The number of benzene rings is 6. The average molecular weight is 686 g/mol. The van der Waals surface area contributed by atoms with Gasteiger partial charge < -0.3 is 14.0 Å². The largest absolute Gasteiger partial charge is 0.310 e. The van der Waals surface area contributed by atoms with Crippen LogP contribution < -0.4 is 4.90 Å². The number of anilines is 2. The fourth-order valence-corrected chi connectivity index (χ4v) is 8.48. The summed E-state index contributed by atoms with van der Waals surface area (Å²) >= 11 is 0. The van der Waals surface area contributed by atoms with Crippen molar-refractivity contribution in [3.8, 4) is 5.69 Å². The number of aromatic nitrogens is 2. The fourth-order valence-electron chi connectivity index (χ4n) is 8.48. The summed E-state index contributed by atoms with van der Waals surface area (Å²) < 4.78 is 4.84. The van der Waals surface area contributed by atoms with E-state index in [0.717, 1.165) is 35.6 Å². The minimum atomic E-state index is 0.886. The minimum Gasteiger partial charge on any atom is -0.310 e. The Labute approximate surface area is 311 Å². The molecular formula is C50H43N3. The first kappa shape index (κ1) is 32.6. The summed E-state index contributed by atoms with van der Waals surface area (Å²) in [5.74, 6) is 0. The molecule has 0 saturated carbocycles. The number of allylic oxidation sites excluding steroid dienone is 6. The number of nitrogens with zero attached hydrogens (tertiary/aromatic N) is 3. The van der Waals surface area contributed by atoms with Crippen LogP contribution in [0.4, 0.5) is 11.4 Å². The lowest BCUT2D eigenvalue weighted by atomic mass is 9.92. The highest BCUT2D eigenvalue weighted by molar-refractivity contribution is 6.16. The number of hydrogen-bond donors (Lipinski definition) is 0. The van der Waals surface area contributed by atoms with Crippen molar-refractivity contribution in [2.24, 2.45) is 0 Å². The van der Waals surface area contributed by atoms with E-state index >= 15 is 0 Å². The normalized spacial score (nSPS) is 13.8. The quantitative estimate of drug-likeness (QED) is 0.145. The Morgan fingerprint density at radius 3 is 1.96 bits per heavy atom. The molecule has 0 N–H and O–H groups in total. The summed E-state index contributed by atoms with van der Waals surface area (Å²) in [7, 11) is 0. The Hall–Kier alpha value is -6.32. The molecule has 0 bridgehead atoms. The van der Waals surface area contributed by atoms with E-state index in [4.69, 9.17) is 6.58 Å². The van der Waals surface area contributed by atoms with Crippen LogP contribution in [0.1, 0.15) is 43.7 Å². The third-order valence-electron chi connectivity index (χ3n) is 10.9. The first-order valence-electron chi connectivity index (χ1n) is 18.8. The van der Waals surface area contributed by atoms with Gasteiger partial charge in [0.1, 0.15) is 0 Å². The monoisotopic (exact) mass is 685 g/mol. The smallest absolute Gasteiger partial charge is 0.0562 e. The first-order valence-corrected chi connectivity index (χ1v) is 18.8. The van der Waals surface area contributed by atoms with Gasteiger partial charge in [-0.2, -0.15) is 0 Å². The van der Waals surface area contributed by atoms with Crippen LogP contribution in [-0.4, -0.2) is 9.13 Å². The topological polar surface area (TPSA) is 13.1 Å². The predicted molar refractivity (Wildman–Crippen MR) is 228 cm³/mol. The molecule has 0 amide bonds. The molecule has 2 aromatic heterocycles. The molecule has 0 fully saturated rings. The van der Waals surface area contributed by atoms with E-state index in [0.29, 0.717) is 0 Å². The average Bonchev–Trinajstić information content (AvgIpc) is 3.73. The number of para-hydroxylation sites is 5. The summed E-state index contributed by atoms with van der Waals surface area (Å²) in [6.45, 7) is 9.08. The summed E-state index contributed by atoms with van der Waals surface area (Å²) in [6, 6.07) is 50.5. The SMILES string of the molecule is C=C(/C=C\C(=C/C)n1c2ccccc2c2ccccc21)N(c1ccccc1C)c1cccc2c1c1ccccc1n2-c1ccccc1C1=CCCCC1. The Bertz CT molecular complexity index is 2730. The van der Waals surface area contributed by atoms with Crippen LogP contribution in [0.25, 0.3) is 60.6 Å². The Morgan fingerprint density at radius 1 is 0.623 bits per heavy atom. The number of rotatable bonds is 8. The van der Waals surface area contributed by atoms with E-state index in [1.165, 1.54) is 78.8 Å². The molecule has 3 nitrogen and oxygen atoms in total. The molecule has 6 aromatic carbocycles. The second kappa shape index (κ2) is 13.7. The van der Waals surface area contributed by atoms with Crippen molar-refractivity contribution in [3.05, 3.63) is 187 Å². The zero-order chi connectivity index (χ0) is 35.9. The van der Waals surface area contributed by atoms with Crippen LogP contribution >= 0.6 is 0 Å². The Kier molecular flexibility index (Phi) is 8.40. The van der Waals surface area contributed by atoms with Crippen molar-refractivity contribution >= 4 is 66.3 Å². The van der Waals surface area contributed by atoms with E-state index < -0.39 is 0 Å². The second-order valence-electron chi connectivity index (χ2n) is 14.0. The molecule has 0 spiro atoms. The van der Waals surface area contributed by atoms with Crippen molar-refractivity contribution < 1.29 is 0 Å². The van der Waals surface area contributed by atoms with Gasteiger partial charge in [-0.1, -0.05) is 116 Å². The summed E-state index contributed by atoms with van der Waals surface area (Å²) in [5, 5.41) is 4.93. The first-order chi connectivity index (χ1) is 26.1. The zero-order valence-corrected chi connectivity index (χ0v) is 30.5. The second-order valence-corrected chi connectivity index (χ2v) is 14.0. The third-order valence-corrected chi connectivity index (χ3v) is 10.9. The van der Waals surface area contributed by atoms with E-state index in [9.17, 15) is 0 Å². The molecule has 0 aliphatic heterocycles. The van der Waals surface area contributed by atoms with Gasteiger partial charge in [-0.05, 0) is 105 Å². The van der Waals surface area contributed by atoms with Gasteiger partial charge in [0.15, 0.2) is 0 Å². The summed E-state index contributed by atoms with van der Waals surface area (Å²) in [5.41, 5.74) is 14.2. The van der Waals surface area contributed by atoms with Gasteiger partial charge >= 0.3 is 0 Å². The molecule has 1 aliphatic carbocycles. The predicted octanol–water partition coefficient (Wildman–Crippen LogP) is 13.9. The molecule has 3 heteroatoms. The van der Waals surface area contributed by atoms with Gasteiger partial charge in [-0.25, -0.2) is 0 Å². The molecule has 0 unspecified atom stereocenters. The van der Waals surface area contributed by atoms with Gasteiger partial charge in [0, 0.05) is 44.2 Å². The third kappa shape index (κ3) is 5.52. The van der Waals surface area contributed by atoms with Crippen LogP contribution in [0.15, 0.2) is 176 Å². The number of aryl methyl sites for hydroxylation is 1. The Balaban J connectivity index is 1.23. The maximum atomic E-state index is 4.78. The number of hydrogen-bond acceptors (Lipinski definition) is 1. The van der Waals surface area contributed by atoms with Gasteiger partial charge in [-0.15, -0.1) is 0 Å². The minimum absolute atomic E-state index is 0.886. The van der Waals surface area contributed by atoms with Gasteiger partial charge in [0.25, 0.3) is 0 Å². The van der Waals surface area contributed by atoms with Crippen LogP contribution in [0.5, 0.6) is 0 Å². The lowest BCUT2D eigenvalue weighted by molar-refractivity contribution is 0.741. The highest BCUT2D eigenvalue weighted by atomic mass is 15.2. The molecule has 0 atom stereocenters. The van der Waals surface area contributed by atoms with Crippen molar-refractivity contribution in [2.75, 3.05) is 4.90 Å². The lowest BCUT2D eigenvalue weighted by Gasteiger charge is -2.28. The molecule has 8 aromatic rings. The summed E-state index contributed by atoms with van der Waals surface area (Å²) in [6.07, 6.45) is 13.8. The van der Waals surface area contributed by atoms with E-state index in [2.05, 4.69) is 192 Å². The van der Waals surface area contributed by atoms with Crippen molar-refractivity contribution in [1.29, 1.82) is 0 Å². The fraction of sp³-hybridized carbons (Fsp3) is 0.120. The van der Waals surface area contributed by atoms with Crippen LogP contribution in [0, 0.1) is 6.92 Å². The van der Waals surface area contributed by atoms with Crippen LogP contribution in [0.2, 0.25) is 0 Å². The maximum absolute atomic E-state index is 4.78. The van der Waals surface area contributed by atoms with Gasteiger partial charge in [-0.3, -0.25) is 0 Å². The van der Waals surface area contributed by atoms with Crippen molar-refractivity contribution in [2.45, 2.75) is 39.5 Å². The van der Waals surface area contributed by atoms with E-state index in [1.54, 1.807) is 0 Å². The highest BCUT2D eigenvalue weighted by Gasteiger charge is 2.23. The Morgan fingerprint density at radius 2 is 1.25 bits per heavy atom. The molecule has 9 rings (SSSR count). The summed E-state index contributed by atoms with van der Waals surface area (Å²) in [4.78, 5) is 2.35. The van der Waals surface area contributed by atoms with E-state index in [1.807, 2.05) is 0 Å². The van der Waals surface area contributed by atoms with E-state index in [-0.39, 0.29) is 0 Å². The molecule has 53 heavy (non-hydrogen) atoms. The van der Waals surface area contributed by atoms with Crippen molar-refractivity contribution in [3.63, 3.8) is 0 Å². The standard InChI is InChI=1S/C50H43N3/c1-4-38(52-45-28-15-10-23-40(45)41-24-11-16-29-46(41)52)34-33-36(3)51(43-26-13-8-19-35(43)2)48-31-18-32-49-50(48)42-25-12-17-30-47(42)53(49)44-27-14-9-22-39(44)37-20-6-5-7-21-37/h4,8-20,22-34H,3,5-7,21H2,1-2H3/b34-33-,38-4+. The van der Waals surface area contributed by atoms with Gasteiger partial charge in [0.2, 0.25) is 0 Å². The maximum Gasteiger partial charge on any atom is 0.0562 e.